The normalized spacial score (nSPS) is 25.2. The van der Waals surface area contributed by atoms with Crippen molar-refractivity contribution >= 4 is 0 Å². The lowest BCUT2D eigenvalue weighted by molar-refractivity contribution is 0.160. The van der Waals surface area contributed by atoms with Crippen molar-refractivity contribution in [3.05, 3.63) is 35.9 Å². The number of ether oxygens (including phenoxy) is 1. The molecule has 0 amide bonds. The number of hydrogen-bond acceptors (Lipinski definition) is 3. The summed E-state index contributed by atoms with van der Waals surface area (Å²) in [6.45, 7) is 1.64. The van der Waals surface area contributed by atoms with Crippen LogP contribution in [0.1, 0.15) is 30.9 Å². The van der Waals surface area contributed by atoms with Crippen LogP contribution in [-0.2, 0) is 4.74 Å². The molecule has 1 fully saturated rings. The van der Waals surface area contributed by atoms with Gasteiger partial charge in [-0.05, 0) is 37.3 Å². The summed E-state index contributed by atoms with van der Waals surface area (Å²) in [6.07, 6.45) is 2.92. The molecule has 18 heavy (non-hydrogen) atoms. The van der Waals surface area contributed by atoms with Crippen LogP contribution < -0.4 is 5.32 Å². The molecule has 0 spiro atoms. The number of hydrogen-bond donors (Lipinski definition) is 2. The van der Waals surface area contributed by atoms with Gasteiger partial charge in [-0.15, -0.1) is 0 Å². The van der Waals surface area contributed by atoms with Crippen LogP contribution in [0.5, 0.6) is 0 Å². The average molecular weight is 249 g/mol. The van der Waals surface area contributed by atoms with Gasteiger partial charge >= 0.3 is 0 Å². The van der Waals surface area contributed by atoms with Crippen LogP contribution in [0.2, 0.25) is 0 Å². The maximum atomic E-state index is 9.53. The molecule has 1 saturated carbocycles. The number of benzene rings is 1. The van der Waals surface area contributed by atoms with Gasteiger partial charge in [-0.25, -0.2) is 0 Å². The Labute approximate surface area is 109 Å². The standard InChI is InChI=1S/C15H23NO2/c1-18-11-15(13-5-3-2-4-6-13)16-10-12-7-8-14(17)9-12/h2-6,12,14-17H,7-11H2,1H3. The van der Waals surface area contributed by atoms with Crippen LogP contribution >= 0.6 is 0 Å². The van der Waals surface area contributed by atoms with E-state index in [0.29, 0.717) is 12.5 Å². The third-order valence-corrected chi connectivity index (χ3v) is 3.70. The second-order valence-corrected chi connectivity index (χ2v) is 5.16. The van der Waals surface area contributed by atoms with Gasteiger partial charge in [-0.1, -0.05) is 30.3 Å². The van der Waals surface area contributed by atoms with Crippen LogP contribution in [0.15, 0.2) is 30.3 Å². The summed E-state index contributed by atoms with van der Waals surface area (Å²) in [7, 11) is 1.73. The maximum absolute atomic E-state index is 9.53. The zero-order valence-corrected chi connectivity index (χ0v) is 11.0. The Hall–Kier alpha value is -0.900. The minimum atomic E-state index is -0.0885. The molecule has 0 bridgehead atoms. The highest BCUT2D eigenvalue weighted by Gasteiger charge is 2.23. The van der Waals surface area contributed by atoms with E-state index in [1.54, 1.807) is 7.11 Å². The van der Waals surface area contributed by atoms with Crippen molar-refractivity contribution in [1.29, 1.82) is 0 Å². The number of aliphatic hydroxyl groups excluding tert-OH is 1. The second-order valence-electron chi connectivity index (χ2n) is 5.16. The van der Waals surface area contributed by atoms with Gasteiger partial charge in [0.25, 0.3) is 0 Å². The molecule has 0 aliphatic heterocycles. The molecule has 3 nitrogen and oxygen atoms in total. The molecule has 1 aromatic rings. The topological polar surface area (TPSA) is 41.5 Å². The summed E-state index contributed by atoms with van der Waals surface area (Å²) in [5.74, 6) is 0.600. The van der Waals surface area contributed by atoms with Crippen molar-refractivity contribution in [1.82, 2.24) is 5.32 Å². The zero-order chi connectivity index (χ0) is 12.8. The van der Waals surface area contributed by atoms with Crippen molar-refractivity contribution in [2.24, 2.45) is 5.92 Å². The summed E-state index contributed by atoms with van der Waals surface area (Å²) >= 11 is 0. The van der Waals surface area contributed by atoms with E-state index in [9.17, 15) is 5.11 Å². The van der Waals surface area contributed by atoms with Gasteiger partial charge in [-0.3, -0.25) is 0 Å². The quantitative estimate of drug-likeness (QED) is 0.811. The lowest BCUT2D eigenvalue weighted by Gasteiger charge is -2.20. The van der Waals surface area contributed by atoms with Crippen LogP contribution in [0.4, 0.5) is 0 Å². The molecule has 2 N–H and O–H groups in total. The molecular formula is C15H23NO2. The highest BCUT2D eigenvalue weighted by Crippen LogP contribution is 2.25. The van der Waals surface area contributed by atoms with Crippen molar-refractivity contribution in [2.75, 3.05) is 20.3 Å². The lowest BCUT2D eigenvalue weighted by Crippen LogP contribution is -2.29. The molecule has 3 atom stereocenters. The van der Waals surface area contributed by atoms with Gasteiger partial charge in [0.1, 0.15) is 0 Å². The van der Waals surface area contributed by atoms with E-state index in [1.165, 1.54) is 5.56 Å². The average Bonchev–Trinajstić information content (AvgIpc) is 2.81. The second kappa shape index (κ2) is 6.88. The Morgan fingerprint density at radius 3 is 2.72 bits per heavy atom. The minimum absolute atomic E-state index is 0.0885. The number of nitrogens with one attached hydrogen (secondary N) is 1. The molecule has 1 aliphatic rings. The fourth-order valence-electron chi connectivity index (χ4n) is 2.67. The Balaban J connectivity index is 1.87. The molecule has 0 saturated heterocycles. The van der Waals surface area contributed by atoms with Gasteiger partial charge in [0.05, 0.1) is 18.8 Å². The first kappa shape index (κ1) is 13.5. The Kier molecular flexibility index (Phi) is 5.17. The third-order valence-electron chi connectivity index (χ3n) is 3.70. The molecule has 1 aromatic carbocycles. The third kappa shape index (κ3) is 3.80. The Bertz CT molecular complexity index is 342. The summed E-state index contributed by atoms with van der Waals surface area (Å²) in [6, 6.07) is 10.6. The molecule has 3 heteroatoms. The van der Waals surface area contributed by atoms with E-state index in [2.05, 4.69) is 29.6 Å². The van der Waals surface area contributed by atoms with E-state index in [0.717, 1.165) is 25.8 Å². The summed E-state index contributed by atoms with van der Waals surface area (Å²) < 4.78 is 5.28. The summed E-state index contributed by atoms with van der Waals surface area (Å²) in [4.78, 5) is 0. The van der Waals surface area contributed by atoms with E-state index in [4.69, 9.17) is 4.74 Å². The van der Waals surface area contributed by atoms with Gasteiger partial charge in [0.2, 0.25) is 0 Å². The molecule has 100 valence electrons. The van der Waals surface area contributed by atoms with Crippen molar-refractivity contribution in [3.63, 3.8) is 0 Å². The first-order chi connectivity index (χ1) is 8.79. The first-order valence-corrected chi connectivity index (χ1v) is 6.75. The highest BCUT2D eigenvalue weighted by molar-refractivity contribution is 5.18. The minimum Gasteiger partial charge on any atom is -0.393 e. The van der Waals surface area contributed by atoms with Crippen LogP contribution in [0, 0.1) is 5.92 Å². The zero-order valence-electron chi connectivity index (χ0n) is 11.0. The predicted octanol–water partition coefficient (Wildman–Crippen LogP) is 2.12. The highest BCUT2D eigenvalue weighted by atomic mass is 16.5. The van der Waals surface area contributed by atoms with Gasteiger partial charge in [-0.2, -0.15) is 0 Å². The van der Waals surface area contributed by atoms with Crippen LogP contribution in [0.3, 0.4) is 0 Å². The summed E-state index contributed by atoms with van der Waals surface area (Å²) in [5.41, 5.74) is 1.26. The molecule has 0 radical (unpaired) electrons. The fourth-order valence-corrected chi connectivity index (χ4v) is 2.67. The van der Waals surface area contributed by atoms with E-state index >= 15 is 0 Å². The van der Waals surface area contributed by atoms with Gasteiger partial charge in [0, 0.05) is 7.11 Å². The smallest absolute Gasteiger partial charge is 0.0657 e. The summed E-state index contributed by atoms with van der Waals surface area (Å²) in [5, 5.41) is 13.1. The lowest BCUT2D eigenvalue weighted by atomic mass is 10.0. The van der Waals surface area contributed by atoms with Crippen LogP contribution in [0.25, 0.3) is 0 Å². The Morgan fingerprint density at radius 2 is 2.11 bits per heavy atom. The van der Waals surface area contributed by atoms with E-state index in [-0.39, 0.29) is 12.1 Å². The van der Waals surface area contributed by atoms with E-state index in [1.807, 2.05) is 6.07 Å². The first-order valence-electron chi connectivity index (χ1n) is 6.75. The van der Waals surface area contributed by atoms with E-state index < -0.39 is 0 Å². The maximum Gasteiger partial charge on any atom is 0.0657 e. The van der Waals surface area contributed by atoms with Crippen molar-refractivity contribution < 1.29 is 9.84 Å². The number of rotatable bonds is 6. The van der Waals surface area contributed by atoms with Gasteiger partial charge in [0.15, 0.2) is 0 Å². The molecule has 3 unspecified atom stereocenters. The molecular weight excluding hydrogens is 226 g/mol. The van der Waals surface area contributed by atoms with Gasteiger partial charge < -0.3 is 15.2 Å². The monoisotopic (exact) mass is 249 g/mol. The Morgan fingerprint density at radius 1 is 1.33 bits per heavy atom. The molecule has 2 rings (SSSR count). The number of methoxy groups -OCH3 is 1. The molecule has 0 heterocycles. The van der Waals surface area contributed by atoms with Crippen molar-refractivity contribution in [3.8, 4) is 0 Å². The predicted molar refractivity (Wildman–Crippen MR) is 72.4 cm³/mol. The SMILES string of the molecule is COCC(NCC1CCC(O)C1)c1ccccc1. The number of aliphatic hydroxyl groups is 1. The van der Waals surface area contributed by atoms with Crippen molar-refractivity contribution in [2.45, 2.75) is 31.4 Å². The van der Waals surface area contributed by atoms with Crippen LogP contribution in [-0.4, -0.2) is 31.5 Å². The fraction of sp³-hybridized carbons (Fsp3) is 0.600. The molecule has 1 aliphatic carbocycles. The largest absolute Gasteiger partial charge is 0.393 e. The molecule has 0 aromatic heterocycles.